The Kier molecular flexibility index (Phi) is 4.13. The molecule has 0 atom stereocenters. The van der Waals surface area contributed by atoms with Crippen LogP contribution in [0.25, 0.3) is 11.6 Å². The second-order valence-electron chi connectivity index (χ2n) is 4.59. The molecule has 0 aliphatic heterocycles. The minimum atomic E-state index is -0.539. The lowest BCUT2D eigenvalue weighted by Crippen LogP contribution is -2.13. The van der Waals surface area contributed by atoms with E-state index in [1.807, 2.05) is 31.2 Å². The molecule has 0 saturated carbocycles. The maximum Gasteiger partial charge on any atom is 0.269 e. The number of hydrogen-bond donors (Lipinski definition) is 1. The Labute approximate surface area is 121 Å². The highest BCUT2D eigenvalue weighted by Gasteiger charge is 2.11. The van der Waals surface area contributed by atoms with E-state index in [-0.39, 0.29) is 5.69 Å². The van der Waals surface area contributed by atoms with Crippen LogP contribution in [-0.4, -0.2) is 10.8 Å². The van der Waals surface area contributed by atoms with Crippen molar-refractivity contribution in [2.75, 3.05) is 0 Å². The fraction of sp³-hybridized carbons (Fsp3) is 0.0625. The molecule has 1 amide bonds. The predicted molar refractivity (Wildman–Crippen MR) is 81.3 cm³/mol. The molecular weight excluding hydrogens is 268 g/mol. The number of hydrogen-bond acceptors (Lipinski definition) is 3. The molecule has 0 bridgehead atoms. The first-order valence-electron chi connectivity index (χ1n) is 6.31. The fourth-order valence-electron chi connectivity index (χ4n) is 2.02. The van der Waals surface area contributed by atoms with Crippen LogP contribution in [0.2, 0.25) is 0 Å². The quantitative estimate of drug-likeness (QED) is 0.405. The van der Waals surface area contributed by atoms with Crippen molar-refractivity contribution in [3.05, 3.63) is 75.3 Å². The first kappa shape index (κ1) is 14.5. The van der Waals surface area contributed by atoms with E-state index >= 15 is 0 Å². The van der Waals surface area contributed by atoms with Crippen LogP contribution in [-0.2, 0) is 4.79 Å². The Balaban J connectivity index is 2.45. The fourth-order valence-corrected chi connectivity index (χ4v) is 2.02. The predicted octanol–water partition coefficient (Wildman–Crippen LogP) is 2.93. The molecule has 0 heterocycles. The molecule has 2 aromatic carbocycles. The second kappa shape index (κ2) is 6.00. The molecule has 0 saturated heterocycles. The molecule has 5 heteroatoms. The summed E-state index contributed by atoms with van der Waals surface area (Å²) in [7, 11) is 0. The summed E-state index contributed by atoms with van der Waals surface area (Å²) >= 11 is 0. The molecule has 0 radical (unpaired) electrons. The summed E-state index contributed by atoms with van der Waals surface area (Å²) in [5.74, 6) is -0.539. The van der Waals surface area contributed by atoms with E-state index < -0.39 is 10.8 Å². The lowest BCUT2D eigenvalue weighted by Gasteiger charge is -2.07. The lowest BCUT2D eigenvalue weighted by molar-refractivity contribution is -0.384. The summed E-state index contributed by atoms with van der Waals surface area (Å²) in [4.78, 5) is 21.8. The topological polar surface area (TPSA) is 86.2 Å². The van der Waals surface area contributed by atoms with Gasteiger partial charge in [0.15, 0.2) is 0 Å². The number of nitro groups is 1. The summed E-state index contributed by atoms with van der Waals surface area (Å²) < 4.78 is 0. The van der Waals surface area contributed by atoms with Gasteiger partial charge in [0.1, 0.15) is 0 Å². The van der Waals surface area contributed by atoms with Crippen molar-refractivity contribution in [3.8, 4) is 0 Å². The van der Waals surface area contributed by atoms with Crippen LogP contribution in [0, 0.1) is 17.0 Å². The van der Waals surface area contributed by atoms with E-state index in [2.05, 4.69) is 0 Å². The lowest BCUT2D eigenvalue weighted by atomic mass is 9.98. The van der Waals surface area contributed by atoms with Crippen molar-refractivity contribution >= 4 is 23.2 Å². The Morgan fingerprint density at radius 3 is 2.29 bits per heavy atom. The average Bonchev–Trinajstić information content (AvgIpc) is 2.46. The Morgan fingerprint density at radius 1 is 1.14 bits per heavy atom. The van der Waals surface area contributed by atoms with Crippen LogP contribution in [0.3, 0.4) is 0 Å². The van der Waals surface area contributed by atoms with Crippen LogP contribution in [0.15, 0.2) is 48.5 Å². The molecule has 106 valence electrons. The van der Waals surface area contributed by atoms with Gasteiger partial charge < -0.3 is 5.73 Å². The van der Waals surface area contributed by atoms with Gasteiger partial charge >= 0.3 is 0 Å². The van der Waals surface area contributed by atoms with E-state index in [0.717, 1.165) is 11.1 Å². The maximum atomic E-state index is 11.7. The molecular formula is C16H14N2O3. The summed E-state index contributed by atoms with van der Waals surface area (Å²) in [6.45, 7) is 1.89. The minimum absolute atomic E-state index is 0.00340. The Morgan fingerprint density at radius 2 is 1.76 bits per heavy atom. The van der Waals surface area contributed by atoms with Crippen LogP contribution < -0.4 is 5.73 Å². The first-order chi connectivity index (χ1) is 9.99. The van der Waals surface area contributed by atoms with Gasteiger partial charge in [-0.05, 0) is 41.8 Å². The largest absolute Gasteiger partial charge is 0.366 e. The molecule has 0 aromatic heterocycles. The van der Waals surface area contributed by atoms with Crippen molar-refractivity contribution in [2.24, 2.45) is 5.73 Å². The van der Waals surface area contributed by atoms with Crippen molar-refractivity contribution in [2.45, 2.75) is 6.92 Å². The third kappa shape index (κ3) is 3.33. The number of primary amides is 1. The summed E-state index contributed by atoms with van der Waals surface area (Å²) in [5.41, 5.74) is 8.19. The van der Waals surface area contributed by atoms with E-state index in [1.165, 1.54) is 12.1 Å². The zero-order valence-corrected chi connectivity index (χ0v) is 11.4. The van der Waals surface area contributed by atoms with E-state index in [9.17, 15) is 14.9 Å². The van der Waals surface area contributed by atoms with Crippen molar-refractivity contribution in [3.63, 3.8) is 0 Å². The van der Waals surface area contributed by atoms with Gasteiger partial charge in [-0.25, -0.2) is 0 Å². The maximum absolute atomic E-state index is 11.7. The van der Waals surface area contributed by atoms with Gasteiger partial charge in [0, 0.05) is 17.7 Å². The molecule has 5 nitrogen and oxygen atoms in total. The second-order valence-corrected chi connectivity index (χ2v) is 4.59. The number of nitrogens with zero attached hydrogens (tertiary/aromatic N) is 1. The van der Waals surface area contributed by atoms with E-state index in [4.69, 9.17) is 5.73 Å². The number of amides is 1. The number of aryl methyl sites for hydroxylation is 1. The van der Waals surface area contributed by atoms with Gasteiger partial charge in [0.25, 0.3) is 5.69 Å². The normalized spacial score (nSPS) is 11.2. The summed E-state index contributed by atoms with van der Waals surface area (Å²) in [6, 6.07) is 13.4. The van der Waals surface area contributed by atoms with Crippen LogP contribution in [0.5, 0.6) is 0 Å². The number of rotatable bonds is 4. The molecule has 21 heavy (non-hydrogen) atoms. The SMILES string of the molecule is Cc1ccccc1C(=Cc1ccc([N+](=O)[O-])cc1)C(N)=O. The highest BCUT2D eigenvalue weighted by molar-refractivity contribution is 6.23. The van der Waals surface area contributed by atoms with Gasteiger partial charge in [0.2, 0.25) is 5.91 Å². The molecule has 0 aliphatic carbocycles. The number of carbonyl (C=O) groups is 1. The highest BCUT2D eigenvalue weighted by atomic mass is 16.6. The molecule has 0 fully saturated rings. The molecule has 0 unspecified atom stereocenters. The van der Waals surface area contributed by atoms with Crippen LogP contribution in [0.4, 0.5) is 5.69 Å². The Hall–Kier alpha value is -2.95. The number of nitro benzene ring substituents is 1. The number of nitrogens with two attached hydrogens (primary N) is 1. The molecule has 2 aromatic rings. The van der Waals surface area contributed by atoms with Gasteiger partial charge in [-0.2, -0.15) is 0 Å². The zero-order chi connectivity index (χ0) is 15.4. The zero-order valence-electron chi connectivity index (χ0n) is 11.4. The summed E-state index contributed by atoms with van der Waals surface area (Å²) in [6.07, 6.45) is 1.63. The van der Waals surface area contributed by atoms with Gasteiger partial charge in [-0.3, -0.25) is 14.9 Å². The van der Waals surface area contributed by atoms with Gasteiger partial charge in [-0.1, -0.05) is 24.3 Å². The third-order valence-electron chi connectivity index (χ3n) is 3.12. The number of non-ortho nitro benzene ring substituents is 1. The minimum Gasteiger partial charge on any atom is -0.366 e. The monoisotopic (exact) mass is 282 g/mol. The third-order valence-corrected chi connectivity index (χ3v) is 3.12. The van der Waals surface area contributed by atoms with Crippen molar-refractivity contribution in [1.82, 2.24) is 0 Å². The van der Waals surface area contributed by atoms with E-state index in [0.29, 0.717) is 11.1 Å². The Bertz CT molecular complexity index is 719. The first-order valence-corrected chi connectivity index (χ1v) is 6.31. The van der Waals surface area contributed by atoms with E-state index in [1.54, 1.807) is 18.2 Å². The molecule has 0 aliphatic rings. The van der Waals surface area contributed by atoms with Gasteiger partial charge in [-0.15, -0.1) is 0 Å². The average molecular weight is 282 g/mol. The van der Waals surface area contributed by atoms with Crippen molar-refractivity contribution in [1.29, 1.82) is 0 Å². The number of carbonyl (C=O) groups excluding carboxylic acids is 1. The number of benzene rings is 2. The van der Waals surface area contributed by atoms with Gasteiger partial charge in [0.05, 0.1) is 4.92 Å². The standard InChI is InChI=1S/C16H14N2O3/c1-11-4-2-3-5-14(11)15(16(17)19)10-12-6-8-13(9-7-12)18(20)21/h2-10H,1H3,(H2,17,19). The smallest absolute Gasteiger partial charge is 0.269 e. The molecule has 2 N–H and O–H groups in total. The molecule has 2 rings (SSSR count). The van der Waals surface area contributed by atoms with Crippen LogP contribution in [0.1, 0.15) is 16.7 Å². The summed E-state index contributed by atoms with van der Waals surface area (Å²) in [5, 5.41) is 10.6. The van der Waals surface area contributed by atoms with Crippen LogP contribution >= 0.6 is 0 Å². The highest BCUT2D eigenvalue weighted by Crippen LogP contribution is 2.22. The van der Waals surface area contributed by atoms with Crippen molar-refractivity contribution < 1.29 is 9.72 Å². The molecule has 0 spiro atoms.